The van der Waals surface area contributed by atoms with E-state index in [1.54, 1.807) is 56.3 Å². The molecule has 0 atom stereocenters. The number of hydrogen-bond donors (Lipinski definition) is 1. The molecule has 0 aliphatic rings. The number of carbonyl (C=O) groups is 2. The molecule has 3 aromatic rings. The number of benzene rings is 3. The van der Waals surface area contributed by atoms with Crippen molar-refractivity contribution in [3.8, 4) is 17.2 Å². The molecule has 1 amide bonds. The second-order valence-electron chi connectivity index (χ2n) is 7.32. The van der Waals surface area contributed by atoms with Crippen molar-refractivity contribution < 1.29 is 28.7 Å². The summed E-state index contributed by atoms with van der Waals surface area (Å²) in [5, 5.41) is 15.3. The summed E-state index contributed by atoms with van der Waals surface area (Å²) in [6.07, 6.45) is 1.36. The van der Waals surface area contributed by atoms with E-state index in [2.05, 4.69) is 10.5 Å². The molecule has 1 N–H and O–H groups in total. The highest BCUT2D eigenvalue weighted by atomic mass is 35.5. The van der Waals surface area contributed by atoms with Crippen molar-refractivity contribution in [3.63, 3.8) is 0 Å². The van der Waals surface area contributed by atoms with Crippen molar-refractivity contribution in [1.82, 2.24) is 5.43 Å². The summed E-state index contributed by atoms with van der Waals surface area (Å²) in [6.45, 7) is 3.34. The SMILES string of the molecule is CCOc1cc(C=NNC(=O)COc2ccc(C)cc2[N+](=O)[O-])ccc1OC(=O)c1ccccc1Cl. The summed E-state index contributed by atoms with van der Waals surface area (Å²) in [5.41, 5.74) is 3.51. The number of hydrogen-bond acceptors (Lipinski definition) is 8. The van der Waals surface area contributed by atoms with Crippen molar-refractivity contribution in [2.45, 2.75) is 13.8 Å². The maximum absolute atomic E-state index is 12.5. The van der Waals surface area contributed by atoms with Gasteiger partial charge in [-0.2, -0.15) is 5.10 Å². The molecule has 0 aliphatic carbocycles. The van der Waals surface area contributed by atoms with Crippen LogP contribution in [-0.2, 0) is 4.79 Å². The Morgan fingerprint density at radius 3 is 2.53 bits per heavy atom. The van der Waals surface area contributed by atoms with Crippen molar-refractivity contribution in [3.05, 3.63) is 92.5 Å². The molecule has 11 heteroatoms. The van der Waals surface area contributed by atoms with Crippen molar-refractivity contribution in [2.75, 3.05) is 13.2 Å². The molecule has 0 radical (unpaired) electrons. The van der Waals surface area contributed by atoms with Crippen LogP contribution in [-0.4, -0.2) is 36.2 Å². The van der Waals surface area contributed by atoms with Gasteiger partial charge in [0.2, 0.25) is 0 Å². The number of nitrogens with one attached hydrogen (secondary N) is 1. The van der Waals surface area contributed by atoms with E-state index >= 15 is 0 Å². The number of esters is 1. The van der Waals surface area contributed by atoms with Crippen LogP contribution in [0.15, 0.2) is 65.8 Å². The fourth-order valence-corrected chi connectivity index (χ4v) is 3.20. The number of nitrogens with zero attached hydrogens (tertiary/aromatic N) is 2. The van der Waals surface area contributed by atoms with Crippen LogP contribution < -0.4 is 19.6 Å². The second kappa shape index (κ2) is 12.3. The average molecular weight is 512 g/mol. The first kappa shape index (κ1) is 26.2. The third-order valence-corrected chi connectivity index (χ3v) is 4.97. The number of carbonyl (C=O) groups excluding carboxylic acids is 2. The lowest BCUT2D eigenvalue weighted by Crippen LogP contribution is -2.24. The van der Waals surface area contributed by atoms with E-state index in [-0.39, 0.29) is 27.8 Å². The molecule has 186 valence electrons. The van der Waals surface area contributed by atoms with E-state index in [4.69, 9.17) is 25.8 Å². The minimum absolute atomic E-state index is 0.0204. The Morgan fingerprint density at radius 1 is 1.06 bits per heavy atom. The van der Waals surface area contributed by atoms with Gasteiger partial charge in [-0.3, -0.25) is 14.9 Å². The molecule has 0 saturated carbocycles. The van der Waals surface area contributed by atoms with E-state index in [1.165, 1.54) is 24.4 Å². The van der Waals surface area contributed by atoms with Crippen LogP contribution >= 0.6 is 11.6 Å². The lowest BCUT2D eigenvalue weighted by atomic mass is 10.2. The van der Waals surface area contributed by atoms with Gasteiger partial charge in [-0.15, -0.1) is 0 Å². The second-order valence-corrected chi connectivity index (χ2v) is 7.73. The molecule has 0 aliphatic heterocycles. The molecule has 3 rings (SSSR count). The van der Waals surface area contributed by atoms with Gasteiger partial charge in [-0.05, 0) is 61.4 Å². The Bertz CT molecular complexity index is 1310. The first-order valence-electron chi connectivity index (χ1n) is 10.7. The Morgan fingerprint density at radius 2 is 1.81 bits per heavy atom. The highest BCUT2D eigenvalue weighted by Gasteiger charge is 2.17. The summed E-state index contributed by atoms with van der Waals surface area (Å²) in [6, 6.07) is 15.7. The third-order valence-electron chi connectivity index (χ3n) is 4.64. The highest BCUT2D eigenvalue weighted by molar-refractivity contribution is 6.33. The van der Waals surface area contributed by atoms with Crippen molar-refractivity contribution in [1.29, 1.82) is 0 Å². The fourth-order valence-electron chi connectivity index (χ4n) is 2.99. The summed E-state index contributed by atoms with van der Waals surface area (Å²) in [5.74, 6) is -0.784. The number of nitro benzene ring substituents is 1. The molecule has 0 fully saturated rings. The molecule has 0 unspecified atom stereocenters. The Labute approximate surface area is 211 Å². The molecule has 0 bridgehead atoms. The Balaban J connectivity index is 1.62. The van der Waals surface area contributed by atoms with E-state index in [0.717, 1.165) is 0 Å². The first-order chi connectivity index (χ1) is 17.3. The zero-order chi connectivity index (χ0) is 26.1. The summed E-state index contributed by atoms with van der Waals surface area (Å²) >= 11 is 6.06. The van der Waals surface area contributed by atoms with E-state index in [1.807, 2.05) is 0 Å². The third kappa shape index (κ3) is 7.03. The van der Waals surface area contributed by atoms with Gasteiger partial charge >= 0.3 is 11.7 Å². The largest absolute Gasteiger partial charge is 0.490 e. The monoisotopic (exact) mass is 511 g/mol. The number of aryl methyl sites for hydroxylation is 1. The van der Waals surface area contributed by atoms with Gasteiger partial charge in [0.05, 0.1) is 28.3 Å². The van der Waals surface area contributed by atoms with Gasteiger partial charge in [0.15, 0.2) is 23.9 Å². The van der Waals surface area contributed by atoms with Gasteiger partial charge in [-0.25, -0.2) is 10.2 Å². The van der Waals surface area contributed by atoms with Gasteiger partial charge in [-0.1, -0.05) is 29.8 Å². The molecule has 0 aromatic heterocycles. The normalized spacial score (nSPS) is 10.6. The lowest BCUT2D eigenvalue weighted by molar-refractivity contribution is -0.385. The maximum atomic E-state index is 12.5. The van der Waals surface area contributed by atoms with Crippen LogP contribution in [0.4, 0.5) is 5.69 Å². The number of hydrazone groups is 1. The molecule has 36 heavy (non-hydrogen) atoms. The average Bonchev–Trinajstić information content (AvgIpc) is 2.85. The number of nitro groups is 1. The summed E-state index contributed by atoms with van der Waals surface area (Å²) in [4.78, 5) is 35.1. The fraction of sp³-hybridized carbons (Fsp3) is 0.160. The Hall–Kier alpha value is -4.44. The lowest BCUT2D eigenvalue weighted by Gasteiger charge is -2.12. The van der Waals surface area contributed by atoms with Crippen molar-refractivity contribution >= 4 is 35.4 Å². The van der Waals surface area contributed by atoms with E-state index < -0.39 is 23.4 Å². The van der Waals surface area contributed by atoms with Crippen molar-refractivity contribution in [2.24, 2.45) is 5.10 Å². The number of halogens is 1. The molecule has 0 spiro atoms. The maximum Gasteiger partial charge on any atom is 0.345 e. The van der Waals surface area contributed by atoms with Crippen LogP contribution in [0.25, 0.3) is 0 Å². The predicted molar refractivity (Wildman–Crippen MR) is 133 cm³/mol. The topological polar surface area (TPSA) is 129 Å². The standard InChI is InChI=1S/C25H22ClN3O7/c1-3-34-23-13-17(9-11-22(23)36-25(31)18-6-4-5-7-19(18)26)14-27-28-24(30)15-35-21-10-8-16(2)12-20(21)29(32)33/h4-14H,3,15H2,1-2H3,(H,28,30). The molecule has 3 aromatic carbocycles. The number of rotatable bonds is 10. The smallest absolute Gasteiger partial charge is 0.345 e. The summed E-state index contributed by atoms with van der Waals surface area (Å²) in [7, 11) is 0. The van der Waals surface area contributed by atoms with Crippen LogP contribution in [0.5, 0.6) is 17.2 Å². The van der Waals surface area contributed by atoms with Crippen LogP contribution in [0.2, 0.25) is 5.02 Å². The van der Waals surface area contributed by atoms with E-state index in [9.17, 15) is 19.7 Å². The van der Waals surface area contributed by atoms with Gasteiger partial charge in [0, 0.05) is 6.07 Å². The molecular weight excluding hydrogens is 490 g/mol. The highest BCUT2D eigenvalue weighted by Crippen LogP contribution is 2.30. The van der Waals surface area contributed by atoms with Gasteiger partial charge < -0.3 is 14.2 Å². The van der Waals surface area contributed by atoms with Gasteiger partial charge in [0.1, 0.15) is 0 Å². The van der Waals surface area contributed by atoms with E-state index in [0.29, 0.717) is 23.5 Å². The minimum Gasteiger partial charge on any atom is -0.490 e. The Kier molecular flexibility index (Phi) is 8.95. The molecule has 10 nitrogen and oxygen atoms in total. The zero-order valence-electron chi connectivity index (χ0n) is 19.4. The first-order valence-corrected chi connectivity index (χ1v) is 11.1. The van der Waals surface area contributed by atoms with Crippen LogP contribution in [0.3, 0.4) is 0 Å². The van der Waals surface area contributed by atoms with Crippen LogP contribution in [0.1, 0.15) is 28.4 Å². The van der Waals surface area contributed by atoms with Crippen LogP contribution in [0, 0.1) is 17.0 Å². The zero-order valence-corrected chi connectivity index (χ0v) is 20.2. The molecular formula is C25H22ClN3O7. The minimum atomic E-state index is -0.635. The number of ether oxygens (including phenoxy) is 3. The molecule has 0 saturated heterocycles. The molecule has 0 heterocycles. The number of amides is 1. The predicted octanol–water partition coefficient (Wildman–Crippen LogP) is 4.70. The van der Waals surface area contributed by atoms with Gasteiger partial charge in [0.25, 0.3) is 5.91 Å². The summed E-state index contributed by atoms with van der Waals surface area (Å²) < 4.78 is 16.3. The quantitative estimate of drug-likeness (QED) is 0.137.